The van der Waals surface area contributed by atoms with Gasteiger partial charge in [-0.1, -0.05) is 12.2 Å². The molecule has 1 amide bonds. The number of amides is 1. The summed E-state index contributed by atoms with van der Waals surface area (Å²) in [6, 6.07) is 4.11. The van der Waals surface area contributed by atoms with Gasteiger partial charge in [0.1, 0.15) is 11.8 Å². The van der Waals surface area contributed by atoms with Gasteiger partial charge < -0.3 is 25.0 Å². The van der Waals surface area contributed by atoms with Crippen LogP contribution in [0.4, 0.5) is 5.69 Å². The molecule has 7 heteroatoms. The number of hydroxylamine groups is 3. The predicted molar refractivity (Wildman–Crippen MR) is 101 cm³/mol. The summed E-state index contributed by atoms with van der Waals surface area (Å²) in [5.74, 6) is -1.06. The van der Waals surface area contributed by atoms with Gasteiger partial charge in [-0.2, -0.15) is 0 Å². The molecule has 5 atom stereocenters. The number of phenols is 1. The lowest BCUT2D eigenvalue weighted by Gasteiger charge is -2.53. The van der Waals surface area contributed by atoms with Crippen molar-refractivity contribution in [2.75, 3.05) is 25.5 Å². The zero-order valence-electron chi connectivity index (χ0n) is 15.6. The second-order valence-electron chi connectivity index (χ2n) is 8.46. The molecule has 3 heterocycles. The Morgan fingerprint density at radius 2 is 2.29 bits per heavy atom. The Kier molecular flexibility index (Phi) is 3.14. The van der Waals surface area contributed by atoms with Gasteiger partial charge in [0.2, 0.25) is 5.91 Å². The van der Waals surface area contributed by atoms with Crippen molar-refractivity contribution in [3.63, 3.8) is 0 Å². The summed E-state index contributed by atoms with van der Waals surface area (Å²) in [6.07, 6.45) is 5.97. The molecule has 1 aliphatic carbocycles. The van der Waals surface area contributed by atoms with E-state index in [-0.39, 0.29) is 25.3 Å². The topological polar surface area (TPSA) is 98.7 Å². The second-order valence-corrected chi connectivity index (χ2v) is 8.46. The highest BCUT2D eigenvalue weighted by molar-refractivity contribution is 6.14. The third-order valence-corrected chi connectivity index (χ3v) is 7.54. The lowest BCUT2D eigenvalue weighted by Crippen LogP contribution is -2.64. The summed E-state index contributed by atoms with van der Waals surface area (Å²) in [5, 5.41) is 27.0. The number of esters is 1. The molecule has 7 nitrogen and oxygen atoms in total. The fourth-order valence-corrected chi connectivity index (χ4v) is 6.69. The van der Waals surface area contributed by atoms with Crippen molar-refractivity contribution in [3.8, 4) is 5.75 Å². The highest BCUT2D eigenvalue weighted by atomic mass is 16.6. The van der Waals surface area contributed by atoms with Gasteiger partial charge in [0, 0.05) is 12.1 Å². The molecule has 4 aliphatic rings. The predicted octanol–water partition coefficient (Wildman–Crippen LogP) is 1.97. The number of nitrogens with zero attached hydrogens (tertiary/aromatic N) is 1. The number of rotatable bonds is 2. The SMILES string of the molecule is C=C[C@]12C=CC[N+]3([O-])CC[C@@]4(c5cc(O)ccc5NC(=O)[C@]4(C(=O)OC)C1)[C@H]23. The van der Waals surface area contributed by atoms with Crippen LogP contribution < -0.4 is 5.32 Å². The van der Waals surface area contributed by atoms with Crippen LogP contribution in [0.25, 0.3) is 0 Å². The average Bonchev–Trinajstić information content (AvgIpc) is 3.16. The van der Waals surface area contributed by atoms with E-state index in [1.54, 1.807) is 18.2 Å². The maximum absolute atomic E-state index is 13.9. The molecule has 3 aliphatic heterocycles. The number of nitrogens with one attached hydrogen (secondary N) is 1. The van der Waals surface area contributed by atoms with E-state index in [4.69, 9.17) is 4.74 Å². The molecule has 1 saturated carbocycles. The largest absolute Gasteiger partial charge is 0.632 e. The molecule has 0 aromatic heterocycles. The Balaban J connectivity index is 1.93. The van der Waals surface area contributed by atoms with Gasteiger partial charge in [0.25, 0.3) is 0 Å². The Bertz CT molecular complexity index is 974. The van der Waals surface area contributed by atoms with Gasteiger partial charge in [-0.15, -0.1) is 6.58 Å². The van der Waals surface area contributed by atoms with E-state index in [1.165, 1.54) is 13.2 Å². The van der Waals surface area contributed by atoms with E-state index in [9.17, 15) is 19.9 Å². The molecule has 2 fully saturated rings. The van der Waals surface area contributed by atoms with Gasteiger partial charge in [-0.05, 0) is 36.3 Å². The molecular formula is C21H22N2O5. The summed E-state index contributed by atoms with van der Waals surface area (Å²) in [5.41, 5.74) is -2.27. The minimum absolute atomic E-state index is 0.0291. The van der Waals surface area contributed by atoms with Crippen LogP contribution in [0.2, 0.25) is 0 Å². The quantitative estimate of drug-likeness (QED) is 0.204. The van der Waals surface area contributed by atoms with Crippen LogP contribution in [0.15, 0.2) is 43.0 Å². The minimum Gasteiger partial charge on any atom is -0.632 e. The monoisotopic (exact) mass is 382 g/mol. The number of hydrogen-bond acceptors (Lipinski definition) is 5. The summed E-state index contributed by atoms with van der Waals surface area (Å²) in [6.45, 7) is 4.55. The smallest absolute Gasteiger partial charge is 0.322 e. The average molecular weight is 382 g/mol. The van der Waals surface area contributed by atoms with Crippen LogP contribution in [0.1, 0.15) is 18.4 Å². The van der Waals surface area contributed by atoms with E-state index in [0.29, 0.717) is 17.7 Å². The van der Waals surface area contributed by atoms with E-state index in [2.05, 4.69) is 11.9 Å². The van der Waals surface area contributed by atoms with Crippen molar-refractivity contribution in [1.29, 1.82) is 0 Å². The van der Waals surface area contributed by atoms with Gasteiger partial charge >= 0.3 is 5.97 Å². The molecule has 1 saturated heterocycles. The van der Waals surface area contributed by atoms with Gasteiger partial charge in [-0.3, -0.25) is 9.59 Å². The first-order valence-corrected chi connectivity index (χ1v) is 9.42. The Labute approximate surface area is 162 Å². The van der Waals surface area contributed by atoms with Crippen LogP contribution in [0.3, 0.4) is 0 Å². The number of hydrogen-bond donors (Lipinski definition) is 2. The van der Waals surface area contributed by atoms with E-state index >= 15 is 0 Å². The molecule has 1 aromatic rings. The second kappa shape index (κ2) is 5.04. The highest BCUT2D eigenvalue weighted by Crippen LogP contribution is 2.73. The molecule has 146 valence electrons. The highest BCUT2D eigenvalue weighted by Gasteiger charge is 2.83. The maximum Gasteiger partial charge on any atom is 0.322 e. The third kappa shape index (κ3) is 1.60. The van der Waals surface area contributed by atoms with Crippen LogP contribution in [-0.4, -0.2) is 47.9 Å². The zero-order valence-corrected chi connectivity index (χ0v) is 15.6. The number of benzene rings is 1. The van der Waals surface area contributed by atoms with Crippen molar-refractivity contribution in [1.82, 2.24) is 0 Å². The summed E-state index contributed by atoms with van der Waals surface area (Å²) < 4.78 is 4.64. The standard InChI is InChI=1S/C21H22N2O5/c1-3-19-7-4-9-23(27)10-8-20(16(19)23)14-11-13(24)5-6-15(14)22-17(25)21(20,12-19)18(26)28-2/h3-7,11,16,24H,1,8-10,12H2,2H3,(H,22,25)/t16-,19-,20+,21-,23?/m0/s1. The number of carbonyl (C=O) groups excluding carboxylic acids is 2. The molecule has 5 rings (SSSR count). The lowest BCUT2D eigenvalue weighted by atomic mass is 9.57. The minimum atomic E-state index is -1.56. The summed E-state index contributed by atoms with van der Waals surface area (Å²) >= 11 is 0. The van der Waals surface area contributed by atoms with E-state index < -0.39 is 38.8 Å². The number of carbonyl (C=O) groups is 2. The van der Waals surface area contributed by atoms with Crippen molar-refractivity contribution in [2.24, 2.45) is 10.8 Å². The van der Waals surface area contributed by atoms with Crippen LogP contribution in [-0.2, 0) is 19.7 Å². The lowest BCUT2D eigenvalue weighted by molar-refractivity contribution is -0.896. The van der Waals surface area contributed by atoms with Gasteiger partial charge in [-0.25, -0.2) is 0 Å². The number of methoxy groups -OCH3 is 1. The molecule has 0 bridgehead atoms. The van der Waals surface area contributed by atoms with Gasteiger partial charge in [0.15, 0.2) is 5.41 Å². The Morgan fingerprint density at radius 1 is 1.50 bits per heavy atom. The molecule has 1 aromatic carbocycles. The van der Waals surface area contributed by atoms with E-state index in [0.717, 1.165) is 0 Å². The first kappa shape index (κ1) is 17.5. The maximum atomic E-state index is 13.9. The molecule has 0 radical (unpaired) electrons. The fraction of sp³-hybridized carbons (Fsp3) is 0.429. The molecular weight excluding hydrogens is 360 g/mol. The molecule has 1 unspecified atom stereocenters. The van der Waals surface area contributed by atoms with Crippen molar-refractivity contribution in [3.05, 3.63) is 53.8 Å². The number of ether oxygens (including phenoxy) is 1. The Hall–Kier alpha value is -2.64. The number of aromatic hydroxyl groups is 1. The number of fused-ring (bicyclic) bond motifs is 1. The van der Waals surface area contributed by atoms with Crippen LogP contribution in [0, 0.1) is 16.0 Å². The zero-order chi connectivity index (χ0) is 19.9. The van der Waals surface area contributed by atoms with Gasteiger partial charge in [0.05, 0.1) is 31.0 Å². The number of phenolic OH excluding ortho intramolecular Hbond substituents is 1. The number of quaternary nitrogens is 1. The third-order valence-electron chi connectivity index (χ3n) is 7.54. The van der Waals surface area contributed by atoms with Crippen LogP contribution >= 0.6 is 0 Å². The van der Waals surface area contributed by atoms with E-state index in [1.807, 2.05) is 12.2 Å². The van der Waals surface area contributed by atoms with Crippen molar-refractivity contribution < 1.29 is 24.1 Å². The molecule has 1 spiro atoms. The van der Waals surface area contributed by atoms with Crippen LogP contribution in [0.5, 0.6) is 5.75 Å². The first-order chi connectivity index (χ1) is 13.3. The van der Waals surface area contributed by atoms with Crippen molar-refractivity contribution >= 4 is 17.6 Å². The summed E-state index contributed by atoms with van der Waals surface area (Å²) in [4.78, 5) is 26.7. The fourth-order valence-electron chi connectivity index (χ4n) is 6.69. The van der Waals surface area contributed by atoms with Crippen molar-refractivity contribution in [2.45, 2.75) is 24.3 Å². The molecule has 2 N–H and O–H groups in total. The number of anilines is 1. The Morgan fingerprint density at radius 3 is 3.00 bits per heavy atom. The first-order valence-electron chi connectivity index (χ1n) is 9.42. The normalized spacial score (nSPS) is 42.2. The summed E-state index contributed by atoms with van der Waals surface area (Å²) in [7, 11) is 1.27. The molecule has 28 heavy (non-hydrogen) atoms.